The van der Waals surface area contributed by atoms with Gasteiger partial charge < -0.3 is 9.73 Å². The van der Waals surface area contributed by atoms with E-state index in [2.05, 4.69) is 26.2 Å². The van der Waals surface area contributed by atoms with Crippen LogP contribution < -0.4 is 5.32 Å². The molecule has 3 aromatic rings. The van der Waals surface area contributed by atoms with Gasteiger partial charge in [0, 0.05) is 22.7 Å². The number of furan rings is 1. The SMILES string of the molecule is Cc1nc(-c2cccc(NC(=O)/C=C/c3ccc(Br)o3)c2)cs1. The Morgan fingerprint density at radius 3 is 2.91 bits per heavy atom. The van der Waals surface area contributed by atoms with Gasteiger partial charge in [-0.1, -0.05) is 12.1 Å². The summed E-state index contributed by atoms with van der Waals surface area (Å²) in [6.45, 7) is 1.97. The molecule has 2 aromatic heterocycles. The van der Waals surface area contributed by atoms with Crippen LogP contribution in [-0.2, 0) is 4.79 Å². The number of aryl methyl sites for hydroxylation is 1. The number of benzene rings is 1. The number of halogens is 1. The van der Waals surface area contributed by atoms with Gasteiger partial charge in [0.2, 0.25) is 5.91 Å². The molecular weight excluding hydrogens is 376 g/mol. The van der Waals surface area contributed by atoms with Gasteiger partial charge in [-0.2, -0.15) is 0 Å². The highest BCUT2D eigenvalue weighted by atomic mass is 79.9. The molecule has 6 heteroatoms. The molecule has 0 fully saturated rings. The molecule has 0 aliphatic heterocycles. The smallest absolute Gasteiger partial charge is 0.248 e. The highest BCUT2D eigenvalue weighted by molar-refractivity contribution is 9.10. The van der Waals surface area contributed by atoms with Gasteiger partial charge in [0.25, 0.3) is 0 Å². The van der Waals surface area contributed by atoms with Crippen LogP contribution in [0, 0.1) is 6.92 Å². The first-order valence-electron chi connectivity index (χ1n) is 6.87. The van der Waals surface area contributed by atoms with Crippen molar-refractivity contribution in [3.05, 3.63) is 63.3 Å². The van der Waals surface area contributed by atoms with E-state index in [0.717, 1.165) is 22.0 Å². The molecule has 0 aliphatic carbocycles. The Morgan fingerprint density at radius 2 is 2.22 bits per heavy atom. The van der Waals surface area contributed by atoms with Crippen LogP contribution in [0.5, 0.6) is 0 Å². The molecule has 0 spiro atoms. The van der Waals surface area contributed by atoms with Crippen molar-refractivity contribution >= 4 is 44.9 Å². The van der Waals surface area contributed by atoms with Gasteiger partial charge in [-0.05, 0) is 53.2 Å². The summed E-state index contributed by atoms with van der Waals surface area (Å²) in [5, 5.41) is 5.85. The van der Waals surface area contributed by atoms with Crippen LogP contribution in [0.1, 0.15) is 10.8 Å². The van der Waals surface area contributed by atoms with E-state index in [-0.39, 0.29) is 5.91 Å². The Morgan fingerprint density at radius 1 is 1.35 bits per heavy atom. The van der Waals surface area contributed by atoms with Crippen molar-refractivity contribution in [1.82, 2.24) is 4.98 Å². The lowest BCUT2D eigenvalue weighted by molar-refractivity contribution is -0.111. The Hall–Kier alpha value is -2.18. The lowest BCUT2D eigenvalue weighted by Crippen LogP contribution is -2.07. The van der Waals surface area contributed by atoms with Crippen molar-refractivity contribution in [1.29, 1.82) is 0 Å². The predicted octanol–water partition coefficient (Wildman–Crippen LogP) is 5.13. The molecule has 1 aromatic carbocycles. The van der Waals surface area contributed by atoms with Gasteiger partial charge in [0.05, 0.1) is 10.7 Å². The second-order valence-corrected chi connectivity index (χ2v) is 6.64. The van der Waals surface area contributed by atoms with E-state index in [1.165, 1.54) is 6.08 Å². The molecule has 23 heavy (non-hydrogen) atoms. The zero-order chi connectivity index (χ0) is 16.2. The summed E-state index contributed by atoms with van der Waals surface area (Å²) in [4.78, 5) is 16.4. The maximum Gasteiger partial charge on any atom is 0.248 e. The number of anilines is 1. The number of carbonyl (C=O) groups excluding carboxylic acids is 1. The van der Waals surface area contributed by atoms with E-state index < -0.39 is 0 Å². The summed E-state index contributed by atoms with van der Waals surface area (Å²) in [5.74, 6) is 0.392. The van der Waals surface area contributed by atoms with Crippen LogP contribution in [-0.4, -0.2) is 10.9 Å². The third-order valence-electron chi connectivity index (χ3n) is 3.04. The first-order chi connectivity index (χ1) is 11.1. The van der Waals surface area contributed by atoms with Crippen molar-refractivity contribution in [3.8, 4) is 11.3 Å². The van der Waals surface area contributed by atoms with Gasteiger partial charge in [-0.3, -0.25) is 4.79 Å². The Kier molecular flexibility index (Phi) is 4.73. The van der Waals surface area contributed by atoms with Crippen molar-refractivity contribution in [2.75, 3.05) is 5.32 Å². The number of hydrogen-bond donors (Lipinski definition) is 1. The fraction of sp³-hybridized carbons (Fsp3) is 0.0588. The molecule has 0 aliphatic rings. The third kappa shape index (κ3) is 4.18. The number of carbonyl (C=O) groups is 1. The zero-order valence-corrected chi connectivity index (χ0v) is 14.6. The normalized spacial score (nSPS) is 11.0. The molecule has 0 bridgehead atoms. The van der Waals surface area contributed by atoms with Crippen LogP contribution >= 0.6 is 27.3 Å². The van der Waals surface area contributed by atoms with Crippen molar-refractivity contribution in [2.45, 2.75) is 6.92 Å². The van der Waals surface area contributed by atoms with Crippen molar-refractivity contribution in [2.24, 2.45) is 0 Å². The molecule has 0 saturated carbocycles. The quantitative estimate of drug-likeness (QED) is 0.630. The van der Waals surface area contributed by atoms with Crippen LogP contribution in [0.3, 0.4) is 0 Å². The Balaban J connectivity index is 1.70. The summed E-state index contributed by atoms with van der Waals surface area (Å²) in [6.07, 6.45) is 3.05. The fourth-order valence-corrected chi connectivity index (χ4v) is 2.95. The molecule has 0 atom stereocenters. The molecule has 3 rings (SSSR count). The second-order valence-electron chi connectivity index (χ2n) is 4.80. The molecule has 0 saturated heterocycles. The van der Waals surface area contributed by atoms with Crippen LogP contribution in [0.2, 0.25) is 0 Å². The Labute approximate surface area is 146 Å². The minimum Gasteiger partial charge on any atom is -0.450 e. The fourth-order valence-electron chi connectivity index (χ4n) is 2.01. The Bertz CT molecular complexity index is 867. The monoisotopic (exact) mass is 388 g/mol. The highest BCUT2D eigenvalue weighted by Gasteiger charge is 2.04. The first-order valence-corrected chi connectivity index (χ1v) is 8.54. The van der Waals surface area contributed by atoms with Crippen LogP contribution in [0.15, 0.2) is 56.9 Å². The number of nitrogens with one attached hydrogen (secondary N) is 1. The van der Waals surface area contributed by atoms with Crippen molar-refractivity contribution < 1.29 is 9.21 Å². The van der Waals surface area contributed by atoms with Gasteiger partial charge in [-0.15, -0.1) is 11.3 Å². The van der Waals surface area contributed by atoms with Crippen LogP contribution in [0.4, 0.5) is 5.69 Å². The predicted molar refractivity (Wildman–Crippen MR) is 96.4 cm³/mol. The molecule has 0 unspecified atom stereocenters. The topological polar surface area (TPSA) is 55.1 Å². The maximum atomic E-state index is 12.0. The van der Waals surface area contributed by atoms with Gasteiger partial charge in [-0.25, -0.2) is 4.98 Å². The highest BCUT2D eigenvalue weighted by Crippen LogP contribution is 2.24. The van der Waals surface area contributed by atoms with E-state index in [1.54, 1.807) is 29.5 Å². The van der Waals surface area contributed by atoms with Gasteiger partial charge in [0.15, 0.2) is 4.67 Å². The molecule has 0 radical (unpaired) electrons. The first kappa shape index (κ1) is 15.7. The zero-order valence-electron chi connectivity index (χ0n) is 12.2. The lowest BCUT2D eigenvalue weighted by Gasteiger charge is -2.04. The van der Waals surface area contributed by atoms with Crippen molar-refractivity contribution in [3.63, 3.8) is 0 Å². The molecular formula is C17H13BrN2O2S. The molecule has 4 nitrogen and oxygen atoms in total. The minimum absolute atomic E-state index is 0.218. The second kappa shape index (κ2) is 6.93. The maximum absolute atomic E-state index is 12.0. The van der Waals surface area contributed by atoms with Gasteiger partial charge in [0.1, 0.15) is 5.76 Å². The van der Waals surface area contributed by atoms with E-state index in [4.69, 9.17) is 4.42 Å². The number of amides is 1. The lowest BCUT2D eigenvalue weighted by atomic mass is 10.1. The summed E-state index contributed by atoms with van der Waals surface area (Å²) in [6, 6.07) is 11.2. The molecule has 2 heterocycles. The van der Waals surface area contributed by atoms with E-state index >= 15 is 0 Å². The molecule has 116 valence electrons. The van der Waals surface area contributed by atoms with E-state index in [1.807, 2.05) is 36.6 Å². The average molecular weight is 389 g/mol. The number of hydrogen-bond acceptors (Lipinski definition) is 4. The number of rotatable bonds is 4. The standard InChI is InChI=1S/C17H13BrN2O2S/c1-11-19-15(10-23-11)12-3-2-4-13(9-12)20-17(21)8-6-14-5-7-16(18)22-14/h2-10H,1H3,(H,20,21)/b8-6+. The average Bonchev–Trinajstić information content (AvgIpc) is 3.14. The largest absolute Gasteiger partial charge is 0.450 e. The molecule has 1 N–H and O–H groups in total. The number of thiazole rings is 1. The van der Waals surface area contributed by atoms with Gasteiger partial charge >= 0.3 is 0 Å². The molecule has 1 amide bonds. The number of nitrogens with zero attached hydrogens (tertiary/aromatic N) is 1. The summed E-state index contributed by atoms with van der Waals surface area (Å²) >= 11 is 4.82. The third-order valence-corrected chi connectivity index (χ3v) is 4.24. The van der Waals surface area contributed by atoms with E-state index in [9.17, 15) is 4.79 Å². The van der Waals surface area contributed by atoms with Crippen LogP contribution in [0.25, 0.3) is 17.3 Å². The minimum atomic E-state index is -0.218. The summed E-state index contributed by atoms with van der Waals surface area (Å²) in [7, 11) is 0. The summed E-state index contributed by atoms with van der Waals surface area (Å²) in [5.41, 5.74) is 2.62. The summed E-state index contributed by atoms with van der Waals surface area (Å²) < 4.78 is 5.93. The number of aromatic nitrogens is 1. The van der Waals surface area contributed by atoms with E-state index in [0.29, 0.717) is 10.4 Å².